The van der Waals surface area contributed by atoms with Gasteiger partial charge in [0.2, 0.25) is 0 Å². The first-order valence-electron chi connectivity index (χ1n) is 7.78. The van der Waals surface area contributed by atoms with Gasteiger partial charge in [0.1, 0.15) is 5.82 Å². The summed E-state index contributed by atoms with van der Waals surface area (Å²) in [5.74, 6) is 0.774. The molecule has 4 rings (SSSR count). The van der Waals surface area contributed by atoms with Crippen molar-refractivity contribution in [2.75, 3.05) is 5.32 Å². The van der Waals surface area contributed by atoms with E-state index in [4.69, 9.17) is 23.2 Å². The lowest BCUT2D eigenvalue weighted by molar-refractivity contribution is 0.944. The fourth-order valence-corrected chi connectivity index (χ4v) is 3.53. The first-order chi connectivity index (χ1) is 11.9. The quantitative estimate of drug-likeness (QED) is 0.522. The van der Waals surface area contributed by atoms with Crippen LogP contribution in [0.4, 0.5) is 11.5 Å². The third kappa shape index (κ3) is 2.90. The molecule has 0 unspecified atom stereocenters. The highest BCUT2D eigenvalue weighted by atomic mass is 35.5. The smallest absolute Gasteiger partial charge is 0.184 e. The van der Waals surface area contributed by atoms with E-state index in [0.717, 1.165) is 39.5 Å². The second-order valence-electron chi connectivity index (χ2n) is 6.08. The van der Waals surface area contributed by atoms with E-state index in [2.05, 4.69) is 20.4 Å². The fraction of sp³-hybridized carbons (Fsp3) is 0.167. The number of nitrogens with one attached hydrogen (secondary N) is 1. The fourth-order valence-electron chi connectivity index (χ4n) is 3.01. The second-order valence-corrected chi connectivity index (χ2v) is 6.95. The zero-order chi connectivity index (χ0) is 17.7. The molecule has 3 heterocycles. The average Bonchev–Trinajstić information content (AvgIpc) is 2.84. The van der Waals surface area contributed by atoms with Crippen molar-refractivity contribution in [2.45, 2.75) is 20.8 Å². The van der Waals surface area contributed by atoms with E-state index in [-0.39, 0.29) is 0 Å². The molecule has 0 atom stereocenters. The molecule has 0 spiro atoms. The van der Waals surface area contributed by atoms with Crippen molar-refractivity contribution in [3.05, 3.63) is 57.3 Å². The van der Waals surface area contributed by atoms with Crippen molar-refractivity contribution in [1.29, 1.82) is 0 Å². The molecule has 0 saturated heterocycles. The Morgan fingerprint density at radius 2 is 1.56 bits per heavy atom. The van der Waals surface area contributed by atoms with Crippen LogP contribution in [0.2, 0.25) is 10.0 Å². The minimum absolute atomic E-state index is 0.566. The summed E-state index contributed by atoms with van der Waals surface area (Å²) in [5, 5.41) is 10.1. The molecule has 0 aliphatic carbocycles. The maximum Gasteiger partial charge on any atom is 0.184 e. The second kappa shape index (κ2) is 5.86. The van der Waals surface area contributed by atoms with Crippen molar-refractivity contribution in [2.24, 2.45) is 0 Å². The summed E-state index contributed by atoms with van der Waals surface area (Å²) < 4.78 is 1.77. The number of hydrogen-bond donors (Lipinski definition) is 1. The summed E-state index contributed by atoms with van der Waals surface area (Å²) in [5.41, 5.74) is 5.15. The van der Waals surface area contributed by atoms with Crippen LogP contribution in [0, 0.1) is 20.8 Å². The van der Waals surface area contributed by atoms with Gasteiger partial charge >= 0.3 is 0 Å². The number of benzene rings is 1. The number of nitrogens with zero attached hydrogens (tertiary/aromatic N) is 4. The van der Waals surface area contributed by atoms with E-state index in [9.17, 15) is 0 Å². The number of fused-ring (bicyclic) bond motifs is 3. The van der Waals surface area contributed by atoms with Gasteiger partial charge in [0.25, 0.3) is 0 Å². The highest BCUT2D eigenvalue weighted by Gasteiger charge is 2.14. The van der Waals surface area contributed by atoms with Gasteiger partial charge in [-0.3, -0.25) is 0 Å². The molecule has 7 heteroatoms. The standard InChI is InChI=1S/C18H15Cl2N5/c1-9-4-10(2)21-17-16(9)18-22-11(3)5-15(25(18)24-17)23-14-7-12(19)6-13(20)8-14/h4-8,23H,1-3H3. The summed E-state index contributed by atoms with van der Waals surface area (Å²) in [4.78, 5) is 9.20. The van der Waals surface area contributed by atoms with Crippen molar-refractivity contribution in [3.63, 3.8) is 0 Å². The van der Waals surface area contributed by atoms with Gasteiger partial charge in [0.05, 0.1) is 5.39 Å². The SMILES string of the molecule is Cc1cc(C)c2c(n1)nn1c(Nc3cc(Cl)cc(Cl)c3)cc(C)nc21. The minimum atomic E-state index is 0.566. The molecule has 126 valence electrons. The van der Waals surface area contributed by atoms with Crippen LogP contribution in [0.1, 0.15) is 17.0 Å². The van der Waals surface area contributed by atoms with Crippen LogP contribution in [0.3, 0.4) is 0 Å². The molecule has 1 aromatic carbocycles. The largest absolute Gasteiger partial charge is 0.340 e. The Labute approximate surface area is 154 Å². The lowest BCUT2D eigenvalue weighted by Crippen LogP contribution is -2.02. The zero-order valence-corrected chi connectivity index (χ0v) is 15.4. The monoisotopic (exact) mass is 371 g/mol. The normalized spacial score (nSPS) is 11.4. The third-order valence-corrected chi connectivity index (χ3v) is 4.37. The third-order valence-electron chi connectivity index (χ3n) is 3.94. The summed E-state index contributed by atoms with van der Waals surface area (Å²) in [7, 11) is 0. The first-order valence-corrected chi connectivity index (χ1v) is 8.54. The Hall–Kier alpha value is -2.37. The van der Waals surface area contributed by atoms with Gasteiger partial charge in [-0.2, -0.15) is 4.52 Å². The highest BCUT2D eigenvalue weighted by Crippen LogP contribution is 2.28. The number of rotatable bonds is 2. The van der Waals surface area contributed by atoms with E-state index in [0.29, 0.717) is 15.7 Å². The molecule has 1 N–H and O–H groups in total. The summed E-state index contributed by atoms with van der Waals surface area (Å²) in [6.07, 6.45) is 0. The Morgan fingerprint density at radius 1 is 0.880 bits per heavy atom. The molecule has 0 aliphatic heterocycles. The summed E-state index contributed by atoms with van der Waals surface area (Å²) in [6.45, 7) is 5.96. The topological polar surface area (TPSA) is 55.1 Å². The van der Waals surface area contributed by atoms with Gasteiger partial charge in [-0.25, -0.2) is 9.97 Å². The molecule has 0 aliphatic rings. The number of pyridine rings is 1. The highest BCUT2D eigenvalue weighted by molar-refractivity contribution is 6.35. The van der Waals surface area contributed by atoms with Crippen molar-refractivity contribution >= 4 is 51.4 Å². The van der Waals surface area contributed by atoms with Gasteiger partial charge in [-0.05, 0) is 50.6 Å². The van der Waals surface area contributed by atoms with Gasteiger partial charge in [0, 0.05) is 33.2 Å². The predicted octanol–water partition coefficient (Wildman–Crippen LogP) is 5.25. The molecule has 5 nitrogen and oxygen atoms in total. The van der Waals surface area contributed by atoms with E-state index >= 15 is 0 Å². The van der Waals surface area contributed by atoms with Crippen molar-refractivity contribution in [1.82, 2.24) is 19.6 Å². The van der Waals surface area contributed by atoms with E-state index in [1.807, 2.05) is 45.0 Å². The summed E-state index contributed by atoms with van der Waals surface area (Å²) in [6, 6.07) is 9.28. The van der Waals surface area contributed by atoms with Crippen LogP contribution in [-0.4, -0.2) is 19.6 Å². The zero-order valence-electron chi connectivity index (χ0n) is 13.9. The van der Waals surface area contributed by atoms with Crippen LogP contribution in [0.25, 0.3) is 16.7 Å². The molecule has 0 fully saturated rings. The molecule has 3 aromatic heterocycles. The van der Waals surface area contributed by atoms with Gasteiger partial charge in [-0.1, -0.05) is 23.2 Å². The first kappa shape index (κ1) is 16.1. The van der Waals surface area contributed by atoms with E-state index < -0.39 is 0 Å². The molecular formula is C18H15Cl2N5. The molecule has 4 aromatic rings. The molecule has 0 amide bonds. The summed E-state index contributed by atoms with van der Waals surface area (Å²) >= 11 is 12.2. The minimum Gasteiger partial charge on any atom is -0.340 e. The number of halogens is 2. The Kier molecular flexibility index (Phi) is 3.78. The van der Waals surface area contributed by atoms with Crippen LogP contribution in [-0.2, 0) is 0 Å². The maximum atomic E-state index is 6.10. The molecule has 0 saturated carbocycles. The van der Waals surface area contributed by atoms with Crippen LogP contribution < -0.4 is 5.32 Å². The van der Waals surface area contributed by atoms with Crippen molar-refractivity contribution < 1.29 is 0 Å². The molecule has 0 radical (unpaired) electrons. The average molecular weight is 372 g/mol. The molecular weight excluding hydrogens is 357 g/mol. The number of hydrogen-bond acceptors (Lipinski definition) is 4. The predicted molar refractivity (Wildman–Crippen MR) is 102 cm³/mol. The van der Waals surface area contributed by atoms with Gasteiger partial charge < -0.3 is 5.32 Å². The van der Waals surface area contributed by atoms with Crippen molar-refractivity contribution in [3.8, 4) is 0 Å². The van der Waals surface area contributed by atoms with Gasteiger partial charge in [0.15, 0.2) is 11.3 Å². The van der Waals surface area contributed by atoms with Crippen LogP contribution in [0.15, 0.2) is 30.3 Å². The Morgan fingerprint density at radius 3 is 2.28 bits per heavy atom. The molecule has 0 bridgehead atoms. The Balaban J connectivity index is 1.96. The lowest BCUT2D eigenvalue weighted by Gasteiger charge is -2.10. The van der Waals surface area contributed by atoms with E-state index in [1.54, 1.807) is 10.6 Å². The van der Waals surface area contributed by atoms with Crippen LogP contribution in [0.5, 0.6) is 0 Å². The van der Waals surface area contributed by atoms with Crippen LogP contribution >= 0.6 is 23.2 Å². The van der Waals surface area contributed by atoms with E-state index in [1.165, 1.54) is 0 Å². The lowest BCUT2D eigenvalue weighted by atomic mass is 10.2. The number of aryl methyl sites for hydroxylation is 3. The maximum absolute atomic E-state index is 6.10. The number of anilines is 2. The van der Waals surface area contributed by atoms with Gasteiger partial charge in [-0.15, -0.1) is 5.10 Å². The molecule has 25 heavy (non-hydrogen) atoms. The number of aromatic nitrogens is 4. The Bertz CT molecular complexity index is 1110.